The first-order chi connectivity index (χ1) is 13.3. The monoisotopic (exact) mass is 364 g/mol. The third-order valence-electron chi connectivity index (χ3n) is 6.57. The Hall–Kier alpha value is -1.84. The maximum absolute atomic E-state index is 9.56. The van der Waals surface area contributed by atoms with Crippen molar-refractivity contribution < 1.29 is 5.11 Å². The van der Waals surface area contributed by atoms with E-state index in [2.05, 4.69) is 65.7 Å². The summed E-state index contributed by atoms with van der Waals surface area (Å²) in [6.45, 7) is 4.80. The van der Waals surface area contributed by atoms with E-state index in [0.29, 0.717) is 24.6 Å². The molecule has 2 aromatic rings. The summed E-state index contributed by atoms with van der Waals surface area (Å²) in [4.78, 5) is 2.55. The zero-order valence-corrected chi connectivity index (χ0v) is 16.4. The standard InChI is InChI=1S/C24H32N2O/c1-18-22(19-7-3-2-4-8-19)10-6-12-24(18)26-15-13-21(14-16-26)25-23-11-5-9-20(23)17-27/h2-4,6-8,10,12,20-21,23,25,27H,5,9,11,13-17H2,1H3/t20-,23-/m0/s1. The molecule has 3 heteroatoms. The number of rotatable bonds is 5. The number of nitrogens with one attached hydrogen (secondary N) is 1. The molecule has 4 rings (SSSR count). The number of hydrogen-bond acceptors (Lipinski definition) is 3. The van der Waals surface area contributed by atoms with Gasteiger partial charge in [-0.3, -0.25) is 0 Å². The molecule has 3 nitrogen and oxygen atoms in total. The molecular formula is C24H32N2O. The SMILES string of the molecule is Cc1c(-c2ccccc2)cccc1N1CCC(N[C@H]2CCC[C@H]2CO)CC1. The van der Waals surface area contributed by atoms with Gasteiger partial charge in [0.25, 0.3) is 0 Å². The molecule has 0 radical (unpaired) electrons. The minimum Gasteiger partial charge on any atom is -0.396 e. The van der Waals surface area contributed by atoms with Crippen LogP contribution in [0.4, 0.5) is 5.69 Å². The number of anilines is 1. The van der Waals surface area contributed by atoms with Crippen LogP contribution in [0.3, 0.4) is 0 Å². The molecule has 1 aliphatic heterocycles. The van der Waals surface area contributed by atoms with Crippen LogP contribution in [0, 0.1) is 12.8 Å². The maximum Gasteiger partial charge on any atom is 0.0474 e. The quantitative estimate of drug-likeness (QED) is 0.826. The van der Waals surface area contributed by atoms with Crippen molar-refractivity contribution in [3.05, 3.63) is 54.1 Å². The third-order valence-corrected chi connectivity index (χ3v) is 6.57. The molecule has 0 aromatic heterocycles. The van der Waals surface area contributed by atoms with E-state index in [1.807, 2.05) is 0 Å². The number of piperidine rings is 1. The van der Waals surface area contributed by atoms with E-state index in [4.69, 9.17) is 0 Å². The fourth-order valence-corrected chi connectivity index (χ4v) is 4.96. The van der Waals surface area contributed by atoms with Crippen molar-refractivity contribution in [1.82, 2.24) is 5.32 Å². The van der Waals surface area contributed by atoms with Gasteiger partial charge in [-0.05, 0) is 61.3 Å². The summed E-state index contributed by atoms with van der Waals surface area (Å²) in [6.07, 6.45) is 6.03. The van der Waals surface area contributed by atoms with Crippen molar-refractivity contribution in [2.75, 3.05) is 24.6 Å². The minimum atomic E-state index is 0.335. The van der Waals surface area contributed by atoms with E-state index in [1.165, 1.54) is 54.5 Å². The molecule has 27 heavy (non-hydrogen) atoms. The number of aliphatic hydroxyl groups excluding tert-OH is 1. The number of nitrogens with zero attached hydrogens (tertiary/aromatic N) is 1. The van der Waals surface area contributed by atoms with Crippen molar-refractivity contribution in [3.8, 4) is 11.1 Å². The highest BCUT2D eigenvalue weighted by Crippen LogP contribution is 2.32. The van der Waals surface area contributed by atoms with E-state index >= 15 is 0 Å². The van der Waals surface area contributed by atoms with Crippen molar-refractivity contribution in [2.45, 2.75) is 51.1 Å². The van der Waals surface area contributed by atoms with Crippen molar-refractivity contribution in [1.29, 1.82) is 0 Å². The maximum atomic E-state index is 9.56. The molecule has 0 amide bonds. The predicted molar refractivity (Wildman–Crippen MR) is 113 cm³/mol. The van der Waals surface area contributed by atoms with Gasteiger partial charge in [0.2, 0.25) is 0 Å². The summed E-state index contributed by atoms with van der Waals surface area (Å²) in [5.41, 5.74) is 5.39. The Kier molecular flexibility index (Phi) is 5.80. The lowest BCUT2D eigenvalue weighted by atomic mass is 9.96. The van der Waals surface area contributed by atoms with Crippen molar-refractivity contribution in [2.24, 2.45) is 5.92 Å². The first-order valence-electron chi connectivity index (χ1n) is 10.5. The molecular weight excluding hydrogens is 332 g/mol. The highest BCUT2D eigenvalue weighted by Gasteiger charge is 2.30. The van der Waals surface area contributed by atoms with Crippen molar-refractivity contribution in [3.63, 3.8) is 0 Å². The Balaban J connectivity index is 1.41. The molecule has 1 heterocycles. The van der Waals surface area contributed by atoms with Crippen LogP contribution in [0.15, 0.2) is 48.5 Å². The summed E-state index contributed by atoms with van der Waals surface area (Å²) in [5, 5.41) is 13.4. The predicted octanol–water partition coefficient (Wildman–Crippen LogP) is 4.38. The summed E-state index contributed by atoms with van der Waals surface area (Å²) < 4.78 is 0. The largest absolute Gasteiger partial charge is 0.396 e. The molecule has 0 unspecified atom stereocenters. The second-order valence-electron chi connectivity index (χ2n) is 8.22. The smallest absolute Gasteiger partial charge is 0.0474 e. The van der Waals surface area contributed by atoms with E-state index in [1.54, 1.807) is 0 Å². The second-order valence-corrected chi connectivity index (χ2v) is 8.22. The summed E-state index contributed by atoms with van der Waals surface area (Å²) in [7, 11) is 0. The van der Waals surface area contributed by atoms with Crippen LogP contribution in [-0.2, 0) is 0 Å². The highest BCUT2D eigenvalue weighted by atomic mass is 16.3. The van der Waals surface area contributed by atoms with Gasteiger partial charge in [-0.15, -0.1) is 0 Å². The van der Waals surface area contributed by atoms with Gasteiger partial charge < -0.3 is 15.3 Å². The molecule has 144 valence electrons. The fourth-order valence-electron chi connectivity index (χ4n) is 4.96. The van der Waals surface area contributed by atoms with Gasteiger partial charge in [0.15, 0.2) is 0 Å². The molecule has 2 aromatic carbocycles. The average Bonchev–Trinajstić information content (AvgIpc) is 3.17. The third kappa shape index (κ3) is 4.04. The van der Waals surface area contributed by atoms with E-state index in [0.717, 1.165) is 13.1 Å². The number of hydrogen-bond donors (Lipinski definition) is 2. The van der Waals surface area contributed by atoms with Crippen molar-refractivity contribution >= 4 is 5.69 Å². The van der Waals surface area contributed by atoms with E-state index in [9.17, 15) is 5.11 Å². The lowest BCUT2D eigenvalue weighted by Crippen LogP contribution is -2.47. The van der Waals surface area contributed by atoms with E-state index in [-0.39, 0.29) is 0 Å². The number of aliphatic hydroxyl groups is 1. The van der Waals surface area contributed by atoms with Gasteiger partial charge in [0.05, 0.1) is 0 Å². The minimum absolute atomic E-state index is 0.335. The summed E-state index contributed by atoms with van der Waals surface area (Å²) in [5.74, 6) is 0.466. The lowest BCUT2D eigenvalue weighted by Gasteiger charge is -2.37. The van der Waals surface area contributed by atoms with Crippen LogP contribution in [0.5, 0.6) is 0 Å². The zero-order valence-electron chi connectivity index (χ0n) is 16.4. The van der Waals surface area contributed by atoms with Gasteiger partial charge >= 0.3 is 0 Å². The van der Waals surface area contributed by atoms with Crippen LogP contribution in [0.2, 0.25) is 0 Å². The Morgan fingerprint density at radius 3 is 2.48 bits per heavy atom. The average molecular weight is 365 g/mol. The molecule has 2 fully saturated rings. The van der Waals surface area contributed by atoms with Crippen LogP contribution in [0.25, 0.3) is 11.1 Å². The molecule has 0 bridgehead atoms. The Morgan fingerprint density at radius 2 is 1.74 bits per heavy atom. The first kappa shape index (κ1) is 18.5. The van der Waals surface area contributed by atoms with Gasteiger partial charge in [0.1, 0.15) is 0 Å². The van der Waals surface area contributed by atoms with Gasteiger partial charge in [-0.2, -0.15) is 0 Å². The molecule has 2 N–H and O–H groups in total. The molecule has 1 saturated heterocycles. The topological polar surface area (TPSA) is 35.5 Å². The Bertz CT molecular complexity index is 737. The van der Waals surface area contributed by atoms with Gasteiger partial charge in [-0.1, -0.05) is 48.9 Å². The second kappa shape index (κ2) is 8.45. The van der Waals surface area contributed by atoms with Crippen LogP contribution in [0.1, 0.15) is 37.7 Å². The van der Waals surface area contributed by atoms with Crippen LogP contribution < -0.4 is 10.2 Å². The normalized spacial score (nSPS) is 23.7. The van der Waals surface area contributed by atoms with Crippen LogP contribution in [-0.4, -0.2) is 36.9 Å². The molecule has 1 saturated carbocycles. The fraction of sp³-hybridized carbons (Fsp3) is 0.500. The Morgan fingerprint density at radius 1 is 0.963 bits per heavy atom. The van der Waals surface area contributed by atoms with Gasteiger partial charge in [0, 0.05) is 37.5 Å². The summed E-state index contributed by atoms with van der Waals surface area (Å²) in [6, 6.07) is 18.5. The molecule has 0 spiro atoms. The highest BCUT2D eigenvalue weighted by molar-refractivity contribution is 5.74. The molecule has 1 aliphatic carbocycles. The number of benzene rings is 2. The molecule has 2 atom stereocenters. The van der Waals surface area contributed by atoms with Gasteiger partial charge in [-0.25, -0.2) is 0 Å². The zero-order chi connectivity index (χ0) is 18.6. The van der Waals surface area contributed by atoms with Crippen LogP contribution >= 0.6 is 0 Å². The first-order valence-corrected chi connectivity index (χ1v) is 10.5. The summed E-state index contributed by atoms with van der Waals surface area (Å²) >= 11 is 0. The molecule has 2 aliphatic rings. The van der Waals surface area contributed by atoms with E-state index < -0.39 is 0 Å². The Labute approximate surface area is 163 Å². The lowest BCUT2D eigenvalue weighted by molar-refractivity contribution is 0.195.